The number of rotatable bonds is 13. The average molecular weight is 659 g/mol. The van der Waals surface area contributed by atoms with Crippen molar-refractivity contribution in [2.45, 2.75) is 87.7 Å². The van der Waals surface area contributed by atoms with Gasteiger partial charge in [0.25, 0.3) is 11.8 Å². The van der Waals surface area contributed by atoms with Gasteiger partial charge in [0.05, 0.1) is 36.3 Å². The molecule has 0 aliphatic rings. The Morgan fingerprint density at radius 1 is 0.590 bits per heavy atom. The second-order valence-electron chi connectivity index (χ2n) is 9.18. The van der Waals surface area contributed by atoms with Crippen molar-refractivity contribution in [1.82, 2.24) is 0 Å². The molecule has 0 fully saturated rings. The van der Waals surface area contributed by atoms with E-state index < -0.39 is 120 Å². The molecule has 0 N–H and O–H groups in total. The molecule has 4 atom stereocenters. The Morgan fingerprint density at radius 2 is 0.974 bits per heavy atom. The molecule has 0 aromatic carbocycles. The minimum Gasteiger partial charge on any atom is -0.234 e. The van der Waals surface area contributed by atoms with E-state index in [4.69, 9.17) is 10.7 Å². The standard InChI is InChI=1S/C18H20ClF17O2S/c1-12(20,18(34,35)36)7-14(23,24)8-13(21,22)6-11(17(31,32)33)5-10(16(28,29)30)4-9(15(25,26)27)2-3-39(19,37)38/h9-11H,2-8H2,1H3. The minimum atomic E-state index is -6.06. The van der Waals surface area contributed by atoms with Crippen molar-refractivity contribution in [2.24, 2.45) is 17.8 Å². The van der Waals surface area contributed by atoms with Crippen LogP contribution >= 0.6 is 10.7 Å². The summed E-state index contributed by atoms with van der Waals surface area (Å²) in [7, 11) is -0.0254. The van der Waals surface area contributed by atoms with Crippen molar-refractivity contribution >= 4 is 19.7 Å². The fourth-order valence-electron chi connectivity index (χ4n) is 3.54. The third-order valence-corrected chi connectivity index (χ3v) is 6.67. The summed E-state index contributed by atoms with van der Waals surface area (Å²) in [6.45, 7) is -0.474. The van der Waals surface area contributed by atoms with E-state index in [1.165, 1.54) is 0 Å². The topological polar surface area (TPSA) is 34.1 Å². The van der Waals surface area contributed by atoms with Crippen LogP contribution in [0.25, 0.3) is 0 Å². The van der Waals surface area contributed by atoms with Crippen LogP contribution in [-0.4, -0.2) is 56.4 Å². The van der Waals surface area contributed by atoms with Crippen LogP contribution in [0.2, 0.25) is 0 Å². The van der Waals surface area contributed by atoms with Gasteiger partial charge in [-0.25, -0.2) is 30.4 Å². The van der Waals surface area contributed by atoms with Gasteiger partial charge in [0.1, 0.15) is 0 Å². The van der Waals surface area contributed by atoms with Gasteiger partial charge in [-0.15, -0.1) is 0 Å². The zero-order chi connectivity index (χ0) is 31.7. The van der Waals surface area contributed by atoms with Crippen molar-refractivity contribution in [3.63, 3.8) is 0 Å². The molecule has 0 heterocycles. The Morgan fingerprint density at radius 3 is 1.31 bits per heavy atom. The van der Waals surface area contributed by atoms with Gasteiger partial charge >= 0.3 is 24.7 Å². The molecule has 0 aliphatic heterocycles. The highest BCUT2D eigenvalue weighted by Crippen LogP contribution is 2.50. The first kappa shape index (κ1) is 38.0. The van der Waals surface area contributed by atoms with Crippen LogP contribution in [0.1, 0.15) is 45.4 Å². The van der Waals surface area contributed by atoms with E-state index in [9.17, 15) is 83.1 Å². The van der Waals surface area contributed by atoms with Crippen LogP contribution in [0, 0.1) is 17.8 Å². The molecular formula is C18H20ClF17O2S. The lowest BCUT2D eigenvalue weighted by Gasteiger charge is -2.33. The maximum atomic E-state index is 14.1. The van der Waals surface area contributed by atoms with Crippen LogP contribution < -0.4 is 0 Å². The Bertz CT molecular complexity index is 887. The van der Waals surface area contributed by atoms with Gasteiger partial charge in [0.15, 0.2) is 0 Å². The van der Waals surface area contributed by atoms with E-state index in [-0.39, 0.29) is 0 Å². The number of alkyl halides is 17. The fourth-order valence-corrected chi connectivity index (χ4v) is 4.37. The van der Waals surface area contributed by atoms with Gasteiger partial charge in [-0.1, -0.05) is 0 Å². The van der Waals surface area contributed by atoms with Crippen molar-refractivity contribution in [1.29, 1.82) is 0 Å². The molecule has 4 unspecified atom stereocenters. The van der Waals surface area contributed by atoms with Gasteiger partial charge in [0.2, 0.25) is 14.7 Å². The molecular weight excluding hydrogens is 639 g/mol. The van der Waals surface area contributed by atoms with E-state index in [0.29, 0.717) is 0 Å². The third kappa shape index (κ3) is 14.0. The Labute approximate surface area is 214 Å². The lowest BCUT2D eigenvalue weighted by atomic mass is 9.82. The molecule has 0 spiro atoms. The third-order valence-electron chi connectivity index (χ3n) is 5.48. The summed E-state index contributed by atoms with van der Waals surface area (Å²) in [5.74, 6) is -23.1. The number of hydrogen-bond acceptors (Lipinski definition) is 2. The van der Waals surface area contributed by atoms with E-state index in [2.05, 4.69) is 0 Å². The second kappa shape index (κ2) is 12.1. The molecule has 0 aromatic heterocycles. The van der Waals surface area contributed by atoms with Crippen molar-refractivity contribution in [2.75, 3.05) is 5.75 Å². The van der Waals surface area contributed by atoms with Gasteiger partial charge in [-0.05, 0) is 26.2 Å². The summed E-state index contributed by atoms with van der Waals surface area (Å²) < 4.78 is 248. The van der Waals surface area contributed by atoms with E-state index in [0.717, 1.165) is 0 Å². The van der Waals surface area contributed by atoms with E-state index >= 15 is 0 Å². The number of hydrogen-bond donors (Lipinski definition) is 0. The summed E-state index contributed by atoms with van der Waals surface area (Å²) in [5.41, 5.74) is -4.79. The van der Waals surface area contributed by atoms with Crippen molar-refractivity contribution in [3.05, 3.63) is 0 Å². The highest BCUT2D eigenvalue weighted by Gasteiger charge is 2.60. The first-order chi connectivity index (χ1) is 16.7. The Balaban J connectivity index is 6.06. The minimum absolute atomic E-state index is 0.474. The largest absolute Gasteiger partial charge is 0.422 e. The lowest BCUT2D eigenvalue weighted by molar-refractivity contribution is -0.254. The van der Waals surface area contributed by atoms with E-state index in [1.807, 2.05) is 0 Å². The smallest absolute Gasteiger partial charge is 0.234 e. The zero-order valence-electron chi connectivity index (χ0n) is 19.2. The van der Waals surface area contributed by atoms with E-state index in [1.54, 1.807) is 0 Å². The highest BCUT2D eigenvalue weighted by molar-refractivity contribution is 8.13. The van der Waals surface area contributed by atoms with Crippen LogP contribution in [0.15, 0.2) is 0 Å². The molecule has 0 aromatic rings. The first-order valence-electron chi connectivity index (χ1n) is 10.3. The Hall–Kier alpha value is -0.950. The fraction of sp³-hybridized carbons (Fsp3) is 1.00. The maximum absolute atomic E-state index is 14.1. The predicted molar refractivity (Wildman–Crippen MR) is 101 cm³/mol. The molecule has 21 heteroatoms. The molecule has 0 saturated heterocycles. The van der Waals surface area contributed by atoms with Crippen LogP contribution in [0.5, 0.6) is 0 Å². The molecule has 0 radical (unpaired) electrons. The summed E-state index contributed by atoms with van der Waals surface area (Å²) in [4.78, 5) is 0. The molecule has 39 heavy (non-hydrogen) atoms. The SMILES string of the molecule is CC(F)(CC(F)(F)CC(F)(F)CC(CC(CC(CCS(=O)(=O)Cl)C(F)(F)F)C(F)(F)F)C(F)(F)F)C(F)(F)F. The van der Waals surface area contributed by atoms with Crippen molar-refractivity contribution < 1.29 is 83.1 Å². The Kier molecular flexibility index (Phi) is 11.8. The summed E-state index contributed by atoms with van der Waals surface area (Å²) >= 11 is 0. The molecule has 0 amide bonds. The molecule has 0 rings (SSSR count). The maximum Gasteiger partial charge on any atom is 0.422 e. The summed E-state index contributed by atoms with van der Waals surface area (Å²) in [6, 6.07) is 0. The van der Waals surface area contributed by atoms with Crippen molar-refractivity contribution in [3.8, 4) is 0 Å². The molecule has 0 aliphatic carbocycles. The molecule has 2 nitrogen and oxygen atoms in total. The monoisotopic (exact) mass is 658 g/mol. The predicted octanol–water partition coefficient (Wildman–Crippen LogP) is 8.99. The van der Waals surface area contributed by atoms with Crippen LogP contribution in [0.3, 0.4) is 0 Å². The quantitative estimate of drug-likeness (QED) is 0.146. The second-order valence-corrected chi connectivity index (χ2v) is 12.1. The molecule has 0 bridgehead atoms. The first-order valence-corrected chi connectivity index (χ1v) is 12.8. The van der Waals surface area contributed by atoms with Gasteiger partial charge < -0.3 is 0 Å². The van der Waals surface area contributed by atoms with Crippen LogP contribution in [0.4, 0.5) is 74.6 Å². The zero-order valence-corrected chi connectivity index (χ0v) is 20.8. The van der Waals surface area contributed by atoms with Gasteiger partial charge in [-0.2, -0.15) is 52.7 Å². The average Bonchev–Trinajstić information content (AvgIpc) is 2.56. The molecule has 236 valence electrons. The van der Waals surface area contributed by atoms with Crippen LogP contribution in [-0.2, 0) is 9.05 Å². The normalized spacial score (nSPS) is 18.9. The highest BCUT2D eigenvalue weighted by atomic mass is 35.7. The number of halogens is 18. The summed E-state index contributed by atoms with van der Waals surface area (Å²) in [6.07, 6.45) is -39.2. The van der Waals surface area contributed by atoms with Gasteiger partial charge in [-0.3, -0.25) is 0 Å². The van der Waals surface area contributed by atoms with Gasteiger partial charge in [0, 0.05) is 17.1 Å². The summed E-state index contributed by atoms with van der Waals surface area (Å²) in [5, 5.41) is 0. The molecule has 0 saturated carbocycles. The lowest BCUT2D eigenvalue weighted by Crippen LogP contribution is -2.45.